The third kappa shape index (κ3) is 3.36. The van der Waals surface area contributed by atoms with Crippen molar-refractivity contribution in [1.82, 2.24) is 14.7 Å². The summed E-state index contributed by atoms with van der Waals surface area (Å²) >= 11 is 0. The van der Waals surface area contributed by atoms with Crippen molar-refractivity contribution in [2.45, 2.75) is 74.8 Å². The number of nitrogens with zero attached hydrogens (tertiary/aromatic N) is 4. The Hall–Kier alpha value is -2.50. The predicted molar refractivity (Wildman–Crippen MR) is 118 cm³/mol. The summed E-state index contributed by atoms with van der Waals surface area (Å²) in [5, 5.41) is 9.40. The molecule has 7 atom stereocenters. The first-order valence-electron chi connectivity index (χ1n) is 12.3. The van der Waals surface area contributed by atoms with Crippen LogP contribution in [0.5, 0.6) is 0 Å². The standard InChI is InChI=1S/C25H30FN5O2/c26-17-6-4-15(5-7-17)23(14-2-1-3-14)31-19-10-22(25(31)33)29(12-19)13-20(28)24(32)30-18(11-27)8-16-9-21(16)30/h4-7,14,16,18-23H,1-3,8-10,12-13,28H2/t16?,18-,19+,20-,21-,22+,23+/m0/s1. The third-order valence-corrected chi connectivity index (χ3v) is 8.68. The van der Waals surface area contributed by atoms with Crippen molar-refractivity contribution in [2.24, 2.45) is 17.6 Å². The zero-order valence-corrected chi connectivity index (χ0v) is 18.6. The number of benzene rings is 1. The van der Waals surface area contributed by atoms with Gasteiger partial charge in [-0.1, -0.05) is 18.6 Å². The average molecular weight is 452 g/mol. The Balaban J connectivity index is 1.15. The van der Waals surface area contributed by atoms with E-state index < -0.39 is 6.04 Å². The number of halogens is 1. The van der Waals surface area contributed by atoms with Gasteiger partial charge in [0.05, 0.1) is 24.2 Å². The van der Waals surface area contributed by atoms with Crippen LogP contribution in [0.1, 0.15) is 50.1 Å². The van der Waals surface area contributed by atoms with Crippen LogP contribution >= 0.6 is 0 Å². The van der Waals surface area contributed by atoms with Crippen LogP contribution in [0.3, 0.4) is 0 Å². The lowest BCUT2D eigenvalue weighted by atomic mass is 9.76. The van der Waals surface area contributed by atoms with Crippen LogP contribution < -0.4 is 5.73 Å². The van der Waals surface area contributed by atoms with Gasteiger partial charge in [0.25, 0.3) is 0 Å². The fraction of sp³-hybridized carbons (Fsp3) is 0.640. The molecule has 3 aliphatic heterocycles. The summed E-state index contributed by atoms with van der Waals surface area (Å²) in [4.78, 5) is 32.4. The fourth-order valence-electron chi connectivity index (χ4n) is 6.74. The van der Waals surface area contributed by atoms with E-state index in [4.69, 9.17) is 5.73 Å². The van der Waals surface area contributed by atoms with E-state index in [1.54, 1.807) is 4.90 Å². The molecule has 1 aromatic rings. The Morgan fingerprint density at radius 3 is 2.61 bits per heavy atom. The molecule has 2 aliphatic carbocycles. The zero-order valence-electron chi connectivity index (χ0n) is 18.6. The lowest BCUT2D eigenvalue weighted by molar-refractivity contribution is -0.143. The summed E-state index contributed by atoms with van der Waals surface area (Å²) in [6, 6.07) is 7.77. The number of carbonyl (C=O) groups is 2. The van der Waals surface area contributed by atoms with E-state index in [2.05, 4.69) is 11.0 Å². The molecule has 2 bridgehead atoms. The molecule has 2 N–H and O–H groups in total. The van der Waals surface area contributed by atoms with Crippen LogP contribution in [0.2, 0.25) is 0 Å². The highest BCUT2D eigenvalue weighted by molar-refractivity contribution is 5.87. The van der Waals surface area contributed by atoms with Crippen LogP contribution in [-0.4, -0.2) is 69.8 Å². The minimum Gasteiger partial charge on any atom is -0.330 e. The van der Waals surface area contributed by atoms with Crippen LogP contribution in [0.25, 0.3) is 0 Å². The summed E-state index contributed by atoms with van der Waals surface area (Å²) in [6.45, 7) is 1.05. The van der Waals surface area contributed by atoms with Crippen molar-refractivity contribution in [1.29, 1.82) is 5.26 Å². The molecule has 5 fully saturated rings. The molecule has 3 heterocycles. The maximum atomic E-state index is 13.5. The SMILES string of the molecule is N#C[C@@H]1CC2C[C@@H]2N1C(=O)[C@@H](N)CN1C[C@H]2C[C@@H]1C(=O)N2[C@@H](c1ccc(F)cc1)C1CCC1. The fourth-order valence-corrected chi connectivity index (χ4v) is 6.74. The topological polar surface area (TPSA) is 93.7 Å². The molecule has 1 unspecified atom stereocenters. The lowest BCUT2D eigenvalue weighted by Gasteiger charge is -2.45. The molecule has 3 saturated heterocycles. The van der Waals surface area contributed by atoms with Crippen molar-refractivity contribution >= 4 is 11.8 Å². The minimum atomic E-state index is -0.722. The highest BCUT2D eigenvalue weighted by Gasteiger charge is 2.56. The molecular weight excluding hydrogens is 421 g/mol. The maximum Gasteiger partial charge on any atom is 0.242 e. The molecule has 0 radical (unpaired) electrons. The van der Waals surface area contributed by atoms with Crippen molar-refractivity contribution in [3.63, 3.8) is 0 Å². The van der Waals surface area contributed by atoms with Gasteiger partial charge in [0, 0.05) is 25.2 Å². The highest BCUT2D eigenvalue weighted by atomic mass is 19.1. The zero-order chi connectivity index (χ0) is 22.9. The number of piperidine rings is 1. The molecule has 2 amide bonds. The number of fused-ring (bicyclic) bond motifs is 3. The van der Waals surface area contributed by atoms with Crippen LogP contribution in [0, 0.1) is 29.0 Å². The minimum absolute atomic E-state index is 0.00732. The van der Waals surface area contributed by atoms with Gasteiger partial charge >= 0.3 is 0 Å². The van der Waals surface area contributed by atoms with E-state index in [9.17, 15) is 19.2 Å². The molecule has 1 aromatic carbocycles. The number of nitriles is 1. The van der Waals surface area contributed by atoms with Gasteiger partial charge in [0.2, 0.25) is 11.8 Å². The molecule has 8 heteroatoms. The quantitative estimate of drug-likeness (QED) is 0.712. The molecule has 174 valence electrons. The Morgan fingerprint density at radius 2 is 1.97 bits per heavy atom. The van der Waals surface area contributed by atoms with Gasteiger partial charge in [0.1, 0.15) is 11.9 Å². The van der Waals surface area contributed by atoms with Crippen LogP contribution in [0.15, 0.2) is 24.3 Å². The molecule has 0 spiro atoms. The number of amides is 2. The number of hydrogen-bond donors (Lipinski definition) is 1. The number of nitrogens with two attached hydrogens (primary N) is 1. The number of rotatable bonds is 6. The average Bonchev–Trinajstić information content (AvgIpc) is 3.11. The van der Waals surface area contributed by atoms with Crippen molar-refractivity contribution in [2.75, 3.05) is 13.1 Å². The first-order valence-corrected chi connectivity index (χ1v) is 12.3. The van der Waals surface area contributed by atoms with Crippen molar-refractivity contribution in [3.05, 3.63) is 35.6 Å². The lowest BCUT2D eigenvalue weighted by Crippen LogP contribution is -2.58. The van der Waals surface area contributed by atoms with Crippen molar-refractivity contribution in [3.8, 4) is 6.07 Å². The monoisotopic (exact) mass is 451 g/mol. The largest absolute Gasteiger partial charge is 0.330 e. The van der Waals surface area contributed by atoms with E-state index in [0.717, 1.165) is 37.7 Å². The molecule has 33 heavy (non-hydrogen) atoms. The van der Waals surface area contributed by atoms with Gasteiger partial charge in [-0.3, -0.25) is 14.5 Å². The Labute approximate surface area is 193 Å². The van der Waals surface area contributed by atoms with Crippen molar-refractivity contribution < 1.29 is 14.0 Å². The molecule has 7 nitrogen and oxygen atoms in total. The highest BCUT2D eigenvalue weighted by Crippen LogP contribution is 2.49. The Morgan fingerprint density at radius 1 is 1.21 bits per heavy atom. The van der Waals surface area contributed by atoms with Crippen LogP contribution in [0.4, 0.5) is 4.39 Å². The first-order chi connectivity index (χ1) is 16.0. The van der Waals surface area contributed by atoms with Gasteiger partial charge in [-0.15, -0.1) is 0 Å². The van der Waals surface area contributed by atoms with Gasteiger partial charge in [0.15, 0.2) is 0 Å². The third-order valence-electron chi connectivity index (χ3n) is 8.68. The number of carbonyl (C=O) groups excluding carboxylic acids is 2. The first kappa shape index (κ1) is 21.1. The van der Waals surface area contributed by atoms with Gasteiger partial charge in [-0.2, -0.15) is 5.26 Å². The molecular formula is C25H30FN5O2. The van der Waals surface area contributed by atoms with Gasteiger partial charge in [-0.25, -0.2) is 4.39 Å². The molecule has 0 aromatic heterocycles. The second-order valence-corrected chi connectivity index (χ2v) is 10.6. The summed E-state index contributed by atoms with van der Waals surface area (Å²) in [6.07, 6.45) is 5.83. The second-order valence-electron chi connectivity index (χ2n) is 10.6. The smallest absolute Gasteiger partial charge is 0.242 e. The van der Waals surface area contributed by atoms with E-state index >= 15 is 0 Å². The summed E-state index contributed by atoms with van der Waals surface area (Å²) in [5.74, 6) is 0.557. The van der Waals surface area contributed by atoms with Gasteiger partial charge < -0.3 is 15.5 Å². The normalized spacial score (nSPS) is 34.7. The maximum absolute atomic E-state index is 13.5. The van der Waals surface area contributed by atoms with E-state index in [1.807, 2.05) is 17.0 Å². The summed E-state index contributed by atoms with van der Waals surface area (Å²) < 4.78 is 13.5. The molecule has 6 rings (SSSR count). The van der Waals surface area contributed by atoms with Crippen LogP contribution in [-0.2, 0) is 9.59 Å². The van der Waals surface area contributed by atoms with Gasteiger partial charge in [-0.05, 0) is 61.6 Å². The number of piperazine rings is 1. The number of likely N-dealkylation sites (tertiary alicyclic amines) is 3. The predicted octanol–water partition coefficient (Wildman–Crippen LogP) is 1.79. The Kier molecular flexibility index (Phi) is 4.96. The molecule has 5 aliphatic rings. The van der Waals surface area contributed by atoms with E-state index in [-0.39, 0.29) is 47.8 Å². The number of hydrogen-bond acceptors (Lipinski definition) is 5. The Bertz CT molecular complexity index is 1010. The van der Waals surface area contributed by atoms with E-state index in [1.165, 1.54) is 18.6 Å². The summed E-state index contributed by atoms with van der Waals surface area (Å²) in [7, 11) is 0. The molecule has 2 saturated carbocycles. The van der Waals surface area contributed by atoms with E-state index in [0.29, 0.717) is 24.9 Å². The summed E-state index contributed by atoms with van der Waals surface area (Å²) in [5.41, 5.74) is 7.34. The second kappa shape index (κ2) is 7.78.